The van der Waals surface area contributed by atoms with E-state index in [2.05, 4.69) is 0 Å². The number of fused-ring (bicyclic) bond motifs is 1. The van der Waals surface area contributed by atoms with Crippen molar-refractivity contribution < 1.29 is 19.7 Å². The normalized spacial score (nSPS) is 17.7. The summed E-state index contributed by atoms with van der Waals surface area (Å²) in [6.07, 6.45) is 0. The number of phenols is 2. The Bertz CT molecular complexity index is 631. The number of hydrogen-bond donors (Lipinski definition) is 2. The molecule has 0 saturated heterocycles. The van der Waals surface area contributed by atoms with Gasteiger partial charge in [-0.05, 0) is 29.8 Å². The van der Waals surface area contributed by atoms with Crippen molar-refractivity contribution in [2.24, 2.45) is 0 Å². The Morgan fingerprint density at radius 3 is 2.42 bits per heavy atom. The summed E-state index contributed by atoms with van der Waals surface area (Å²) in [5.74, 6) is 0.248. The monoisotopic (exact) mass is 256 g/mol. The van der Waals surface area contributed by atoms with E-state index in [4.69, 9.17) is 4.74 Å². The first kappa shape index (κ1) is 11.6. The highest BCUT2D eigenvalue weighted by atomic mass is 16.5. The van der Waals surface area contributed by atoms with Gasteiger partial charge in [0.25, 0.3) is 0 Å². The molecule has 0 saturated carbocycles. The summed E-state index contributed by atoms with van der Waals surface area (Å²) in [5.41, 5.74) is 1.28. The second kappa shape index (κ2) is 4.31. The number of carbonyl (C=O) groups is 1. The number of Topliss-reactive ketones (excluding diaryl/α,β-unsaturated/α-hetero) is 1. The van der Waals surface area contributed by atoms with Crippen molar-refractivity contribution in [1.82, 2.24) is 0 Å². The summed E-state index contributed by atoms with van der Waals surface area (Å²) in [5, 5.41) is 18.6. The number of phenolic OH excluding ortho intramolecular Hbond substituents is 2. The van der Waals surface area contributed by atoms with E-state index in [1.54, 1.807) is 30.3 Å². The maximum absolute atomic E-state index is 12.4. The molecule has 2 aromatic rings. The third kappa shape index (κ3) is 2.01. The predicted molar refractivity (Wildman–Crippen MR) is 68.8 cm³/mol. The van der Waals surface area contributed by atoms with Crippen LogP contribution in [0.1, 0.15) is 21.8 Å². The zero-order valence-corrected chi connectivity index (χ0v) is 10.0. The lowest BCUT2D eigenvalue weighted by Crippen LogP contribution is -2.25. The summed E-state index contributed by atoms with van der Waals surface area (Å²) in [6.45, 7) is 0.236. The second-order valence-electron chi connectivity index (χ2n) is 4.50. The minimum absolute atomic E-state index is 0.0352. The molecule has 0 amide bonds. The molecular weight excluding hydrogens is 244 g/mol. The van der Waals surface area contributed by atoms with Crippen molar-refractivity contribution in [3.8, 4) is 17.2 Å². The van der Waals surface area contributed by atoms with E-state index in [1.807, 2.05) is 0 Å². The van der Waals surface area contributed by atoms with Crippen molar-refractivity contribution in [3.05, 3.63) is 53.6 Å². The first-order chi connectivity index (χ1) is 9.15. The maximum Gasteiger partial charge on any atom is 0.177 e. The topological polar surface area (TPSA) is 66.8 Å². The van der Waals surface area contributed by atoms with Gasteiger partial charge in [-0.1, -0.05) is 12.1 Å². The zero-order chi connectivity index (χ0) is 13.4. The SMILES string of the molecule is O=C1c2ccc(O)cc2OC[C@@H]1c1ccc(O)cc1. The second-order valence-corrected chi connectivity index (χ2v) is 4.50. The van der Waals surface area contributed by atoms with Crippen molar-refractivity contribution in [2.75, 3.05) is 6.61 Å². The van der Waals surface area contributed by atoms with Crippen molar-refractivity contribution in [3.63, 3.8) is 0 Å². The average Bonchev–Trinajstić information content (AvgIpc) is 2.40. The average molecular weight is 256 g/mol. The summed E-state index contributed by atoms with van der Waals surface area (Å²) in [7, 11) is 0. The molecule has 1 heterocycles. The minimum atomic E-state index is -0.377. The summed E-state index contributed by atoms with van der Waals surface area (Å²) < 4.78 is 5.53. The lowest BCUT2D eigenvalue weighted by molar-refractivity contribution is 0.0896. The van der Waals surface area contributed by atoms with Gasteiger partial charge < -0.3 is 14.9 Å². The van der Waals surface area contributed by atoms with Gasteiger partial charge in [0.1, 0.15) is 23.9 Å². The highest BCUT2D eigenvalue weighted by Crippen LogP contribution is 2.34. The lowest BCUT2D eigenvalue weighted by Gasteiger charge is -2.24. The fourth-order valence-corrected chi connectivity index (χ4v) is 2.22. The number of benzene rings is 2. The van der Waals surface area contributed by atoms with Crippen LogP contribution < -0.4 is 4.74 Å². The number of carbonyl (C=O) groups excluding carboxylic acids is 1. The third-order valence-electron chi connectivity index (χ3n) is 3.25. The van der Waals surface area contributed by atoms with E-state index in [0.717, 1.165) is 5.56 Å². The first-order valence-corrected chi connectivity index (χ1v) is 5.94. The van der Waals surface area contributed by atoms with Crippen molar-refractivity contribution in [1.29, 1.82) is 0 Å². The van der Waals surface area contributed by atoms with Gasteiger partial charge in [0, 0.05) is 6.07 Å². The van der Waals surface area contributed by atoms with Crippen LogP contribution in [0, 0.1) is 0 Å². The van der Waals surface area contributed by atoms with E-state index in [0.29, 0.717) is 11.3 Å². The van der Waals surface area contributed by atoms with Gasteiger partial charge >= 0.3 is 0 Å². The molecule has 2 aromatic carbocycles. The number of rotatable bonds is 1. The quantitative estimate of drug-likeness (QED) is 0.822. The van der Waals surface area contributed by atoms with E-state index in [-0.39, 0.29) is 29.8 Å². The van der Waals surface area contributed by atoms with Crippen LogP contribution in [0.25, 0.3) is 0 Å². The Labute approximate surface area is 109 Å². The number of aromatic hydroxyl groups is 2. The largest absolute Gasteiger partial charge is 0.508 e. The molecule has 2 N–H and O–H groups in total. The molecule has 0 aromatic heterocycles. The van der Waals surface area contributed by atoms with Crippen molar-refractivity contribution >= 4 is 5.78 Å². The molecule has 4 heteroatoms. The van der Waals surface area contributed by atoms with Crippen LogP contribution in [0.15, 0.2) is 42.5 Å². The summed E-state index contributed by atoms with van der Waals surface area (Å²) in [4.78, 5) is 12.4. The van der Waals surface area contributed by atoms with E-state index < -0.39 is 0 Å². The Hall–Kier alpha value is -2.49. The first-order valence-electron chi connectivity index (χ1n) is 5.94. The summed E-state index contributed by atoms with van der Waals surface area (Å²) >= 11 is 0. The predicted octanol–water partition coefficient (Wildman–Crippen LogP) is 2.46. The Kier molecular flexibility index (Phi) is 2.63. The van der Waals surface area contributed by atoms with Crippen LogP contribution in [0.2, 0.25) is 0 Å². The molecule has 0 aliphatic carbocycles. The van der Waals surface area contributed by atoms with Gasteiger partial charge in [0.05, 0.1) is 11.5 Å². The van der Waals surface area contributed by atoms with Crippen LogP contribution in [0.3, 0.4) is 0 Å². The highest BCUT2D eigenvalue weighted by Gasteiger charge is 2.30. The number of ketones is 1. The van der Waals surface area contributed by atoms with Gasteiger partial charge in [-0.25, -0.2) is 0 Å². The third-order valence-corrected chi connectivity index (χ3v) is 3.25. The minimum Gasteiger partial charge on any atom is -0.508 e. The fourth-order valence-electron chi connectivity index (χ4n) is 2.22. The molecule has 3 rings (SSSR count). The van der Waals surface area contributed by atoms with Crippen LogP contribution >= 0.6 is 0 Å². The molecule has 0 fully saturated rings. The zero-order valence-electron chi connectivity index (χ0n) is 10.0. The summed E-state index contributed by atoms with van der Waals surface area (Å²) in [6, 6.07) is 11.0. The van der Waals surface area contributed by atoms with Crippen LogP contribution in [0.5, 0.6) is 17.2 Å². The molecule has 0 radical (unpaired) electrons. The van der Waals surface area contributed by atoms with E-state index in [9.17, 15) is 15.0 Å². The molecule has 19 heavy (non-hydrogen) atoms. The van der Waals surface area contributed by atoms with Crippen LogP contribution in [0.4, 0.5) is 0 Å². The van der Waals surface area contributed by atoms with Gasteiger partial charge in [0.2, 0.25) is 0 Å². The molecule has 0 unspecified atom stereocenters. The van der Waals surface area contributed by atoms with Gasteiger partial charge in [0.15, 0.2) is 5.78 Å². The molecule has 0 bridgehead atoms. The van der Waals surface area contributed by atoms with Gasteiger partial charge in [-0.3, -0.25) is 4.79 Å². The molecular formula is C15H12O4. The molecule has 0 spiro atoms. The molecule has 1 atom stereocenters. The Morgan fingerprint density at radius 1 is 1.00 bits per heavy atom. The standard InChI is InChI=1S/C15H12O4/c16-10-3-1-9(2-4-10)13-8-19-14-7-11(17)5-6-12(14)15(13)18/h1-7,13,16-17H,8H2/t13-/m1/s1. The Balaban J connectivity index is 1.97. The highest BCUT2D eigenvalue weighted by molar-refractivity contribution is 6.04. The number of hydrogen-bond acceptors (Lipinski definition) is 4. The fraction of sp³-hybridized carbons (Fsp3) is 0.133. The lowest BCUT2D eigenvalue weighted by atomic mass is 9.89. The van der Waals surface area contributed by atoms with Gasteiger partial charge in [-0.15, -0.1) is 0 Å². The maximum atomic E-state index is 12.4. The molecule has 1 aliphatic heterocycles. The molecule has 96 valence electrons. The molecule has 1 aliphatic rings. The smallest absolute Gasteiger partial charge is 0.177 e. The van der Waals surface area contributed by atoms with Crippen LogP contribution in [-0.4, -0.2) is 22.6 Å². The van der Waals surface area contributed by atoms with E-state index >= 15 is 0 Å². The van der Waals surface area contributed by atoms with Crippen LogP contribution in [-0.2, 0) is 0 Å². The Morgan fingerprint density at radius 2 is 1.68 bits per heavy atom. The van der Waals surface area contributed by atoms with Gasteiger partial charge in [-0.2, -0.15) is 0 Å². The number of ether oxygens (including phenoxy) is 1. The molecule has 4 nitrogen and oxygen atoms in total. The van der Waals surface area contributed by atoms with E-state index in [1.165, 1.54) is 12.1 Å². The van der Waals surface area contributed by atoms with Crippen molar-refractivity contribution in [2.45, 2.75) is 5.92 Å².